The van der Waals surface area contributed by atoms with Gasteiger partial charge in [-0.1, -0.05) is 48.0 Å². The van der Waals surface area contributed by atoms with Gasteiger partial charge in [0.2, 0.25) is 6.10 Å². The summed E-state index contributed by atoms with van der Waals surface area (Å²) >= 11 is 0. The highest BCUT2D eigenvalue weighted by molar-refractivity contribution is 6.05. The van der Waals surface area contributed by atoms with Gasteiger partial charge in [0.05, 0.1) is 5.69 Å². The molecule has 0 fully saturated rings. The number of nitrogens with one attached hydrogen (secondary N) is 2. The van der Waals surface area contributed by atoms with Crippen LogP contribution in [0.2, 0.25) is 0 Å². The number of amides is 2. The lowest BCUT2D eigenvalue weighted by molar-refractivity contribution is -0.123. The topological polar surface area (TPSA) is 67.4 Å². The van der Waals surface area contributed by atoms with Crippen LogP contribution in [0.5, 0.6) is 5.75 Å². The molecular formula is C22H18N2O3. The molecule has 0 radical (unpaired) electrons. The van der Waals surface area contributed by atoms with Crippen molar-refractivity contribution in [3.8, 4) is 5.75 Å². The van der Waals surface area contributed by atoms with Gasteiger partial charge in [-0.25, -0.2) is 0 Å². The molecule has 0 aliphatic carbocycles. The molecule has 0 saturated heterocycles. The molecule has 2 N–H and O–H groups in total. The third kappa shape index (κ3) is 3.53. The summed E-state index contributed by atoms with van der Waals surface area (Å²) in [5, 5.41) is 5.70. The van der Waals surface area contributed by atoms with Crippen LogP contribution >= 0.6 is 0 Å². The van der Waals surface area contributed by atoms with Gasteiger partial charge >= 0.3 is 0 Å². The van der Waals surface area contributed by atoms with E-state index in [2.05, 4.69) is 10.6 Å². The fourth-order valence-corrected chi connectivity index (χ4v) is 3.02. The number of hydrogen-bond acceptors (Lipinski definition) is 3. The zero-order valence-electron chi connectivity index (χ0n) is 14.7. The molecular weight excluding hydrogens is 340 g/mol. The summed E-state index contributed by atoms with van der Waals surface area (Å²) in [7, 11) is 0. The van der Waals surface area contributed by atoms with Crippen LogP contribution in [0.25, 0.3) is 0 Å². The van der Waals surface area contributed by atoms with E-state index in [1.165, 1.54) is 0 Å². The lowest BCUT2D eigenvalue weighted by atomic mass is 10.1. The molecule has 0 bridgehead atoms. The summed E-state index contributed by atoms with van der Waals surface area (Å²) in [6.07, 6.45) is -0.688. The number of benzene rings is 3. The van der Waals surface area contributed by atoms with E-state index in [9.17, 15) is 9.59 Å². The fraction of sp³-hybridized carbons (Fsp3) is 0.0909. The van der Waals surface area contributed by atoms with E-state index in [0.717, 1.165) is 11.1 Å². The summed E-state index contributed by atoms with van der Waals surface area (Å²) in [5.41, 5.74) is 3.51. The molecule has 0 spiro atoms. The average Bonchev–Trinajstić information content (AvgIpc) is 2.68. The summed E-state index contributed by atoms with van der Waals surface area (Å²) < 4.78 is 5.87. The molecule has 5 nitrogen and oxygen atoms in total. The fourth-order valence-electron chi connectivity index (χ4n) is 3.02. The molecule has 27 heavy (non-hydrogen) atoms. The van der Waals surface area contributed by atoms with Gasteiger partial charge in [0, 0.05) is 16.8 Å². The predicted molar refractivity (Wildman–Crippen MR) is 104 cm³/mol. The highest BCUT2D eigenvalue weighted by Gasteiger charge is 2.29. The van der Waals surface area contributed by atoms with Crippen LogP contribution in [-0.4, -0.2) is 11.8 Å². The standard InChI is InChI=1S/C22H18N2O3/c1-14-6-5-9-16(12-14)21(25)23-17-10-11-19-18(13-17)24-22(26)20(27-19)15-7-3-2-4-8-15/h2-13,20H,1H3,(H,23,25)(H,24,26). The van der Waals surface area contributed by atoms with Crippen molar-refractivity contribution in [3.63, 3.8) is 0 Å². The minimum absolute atomic E-state index is 0.205. The Morgan fingerprint density at radius 1 is 1.00 bits per heavy atom. The number of ether oxygens (including phenoxy) is 1. The predicted octanol–water partition coefficient (Wildman–Crippen LogP) is 4.32. The van der Waals surface area contributed by atoms with Gasteiger partial charge in [0.1, 0.15) is 5.75 Å². The van der Waals surface area contributed by atoms with Crippen molar-refractivity contribution in [2.24, 2.45) is 0 Å². The number of carbonyl (C=O) groups is 2. The Balaban J connectivity index is 1.54. The van der Waals surface area contributed by atoms with Crippen molar-refractivity contribution in [2.45, 2.75) is 13.0 Å². The van der Waals surface area contributed by atoms with Crippen molar-refractivity contribution in [2.75, 3.05) is 10.6 Å². The second-order valence-corrected chi connectivity index (χ2v) is 6.43. The monoisotopic (exact) mass is 358 g/mol. The Bertz CT molecular complexity index is 1020. The quantitative estimate of drug-likeness (QED) is 0.733. The van der Waals surface area contributed by atoms with Gasteiger partial charge in [-0.2, -0.15) is 0 Å². The molecule has 5 heteroatoms. The van der Waals surface area contributed by atoms with Crippen molar-refractivity contribution in [3.05, 3.63) is 89.5 Å². The summed E-state index contributed by atoms with van der Waals surface area (Å²) in [6.45, 7) is 1.94. The number of fused-ring (bicyclic) bond motifs is 1. The van der Waals surface area contributed by atoms with Gasteiger partial charge in [-0.15, -0.1) is 0 Å². The second-order valence-electron chi connectivity index (χ2n) is 6.43. The van der Waals surface area contributed by atoms with Crippen molar-refractivity contribution >= 4 is 23.2 Å². The van der Waals surface area contributed by atoms with Crippen LogP contribution in [0.1, 0.15) is 27.6 Å². The van der Waals surface area contributed by atoms with Crippen molar-refractivity contribution < 1.29 is 14.3 Å². The highest BCUT2D eigenvalue weighted by Crippen LogP contribution is 2.36. The molecule has 3 aromatic rings. The first-order valence-corrected chi connectivity index (χ1v) is 8.65. The smallest absolute Gasteiger partial charge is 0.270 e. The van der Waals surface area contributed by atoms with E-state index in [4.69, 9.17) is 4.74 Å². The van der Waals surface area contributed by atoms with Crippen LogP contribution in [0.15, 0.2) is 72.8 Å². The Morgan fingerprint density at radius 2 is 1.81 bits per heavy atom. The molecule has 1 atom stereocenters. The van der Waals surface area contributed by atoms with Gasteiger partial charge in [-0.3, -0.25) is 9.59 Å². The van der Waals surface area contributed by atoms with E-state index in [-0.39, 0.29) is 11.8 Å². The Kier molecular flexibility index (Phi) is 4.34. The minimum Gasteiger partial charge on any atom is -0.474 e. The molecule has 0 aromatic heterocycles. The van der Waals surface area contributed by atoms with Crippen molar-refractivity contribution in [1.29, 1.82) is 0 Å². The third-order valence-electron chi connectivity index (χ3n) is 4.36. The molecule has 2 amide bonds. The maximum atomic E-state index is 12.4. The zero-order chi connectivity index (χ0) is 18.8. The lowest BCUT2D eigenvalue weighted by Gasteiger charge is -2.26. The third-order valence-corrected chi connectivity index (χ3v) is 4.36. The maximum absolute atomic E-state index is 12.4. The Hall–Kier alpha value is -3.60. The number of aryl methyl sites for hydroxylation is 1. The van der Waals surface area contributed by atoms with Crippen LogP contribution in [0, 0.1) is 6.92 Å². The first-order chi connectivity index (χ1) is 13.1. The van der Waals surface area contributed by atoms with Gasteiger partial charge < -0.3 is 15.4 Å². The molecule has 0 saturated carbocycles. The largest absolute Gasteiger partial charge is 0.474 e. The first kappa shape index (κ1) is 16.8. The number of carbonyl (C=O) groups excluding carboxylic acids is 2. The van der Waals surface area contributed by atoms with Gasteiger partial charge in [0.25, 0.3) is 11.8 Å². The molecule has 1 aliphatic rings. The number of hydrogen-bond donors (Lipinski definition) is 2. The molecule has 134 valence electrons. The minimum atomic E-state index is -0.688. The van der Waals surface area contributed by atoms with Crippen LogP contribution in [-0.2, 0) is 4.79 Å². The summed E-state index contributed by atoms with van der Waals surface area (Å²) in [5.74, 6) is 0.122. The van der Waals surface area contributed by atoms with E-state index in [1.807, 2.05) is 55.5 Å². The van der Waals surface area contributed by atoms with Gasteiger partial charge in [-0.05, 0) is 37.3 Å². The maximum Gasteiger partial charge on any atom is 0.270 e. The van der Waals surface area contributed by atoms with Crippen LogP contribution in [0.3, 0.4) is 0 Å². The van der Waals surface area contributed by atoms with Crippen molar-refractivity contribution in [1.82, 2.24) is 0 Å². The van der Waals surface area contributed by atoms with Crippen LogP contribution in [0.4, 0.5) is 11.4 Å². The summed E-state index contributed by atoms with van der Waals surface area (Å²) in [4.78, 5) is 24.8. The molecule has 1 aliphatic heterocycles. The molecule has 1 unspecified atom stereocenters. The SMILES string of the molecule is Cc1cccc(C(=O)Nc2ccc3c(c2)NC(=O)C(c2ccccc2)O3)c1. The first-order valence-electron chi connectivity index (χ1n) is 8.65. The van der Waals surface area contributed by atoms with E-state index in [0.29, 0.717) is 22.7 Å². The normalized spacial score (nSPS) is 15.3. The second kappa shape index (κ2) is 6.96. The Labute approximate surface area is 157 Å². The Morgan fingerprint density at radius 3 is 2.59 bits per heavy atom. The van der Waals surface area contributed by atoms with E-state index >= 15 is 0 Å². The van der Waals surface area contributed by atoms with E-state index < -0.39 is 6.10 Å². The lowest BCUT2D eigenvalue weighted by Crippen LogP contribution is -2.30. The molecule has 1 heterocycles. The average molecular weight is 358 g/mol. The van der Waals surface area contributed by atoms with Crippen LogP contribution < -0.4 is 15.4 Å². The number of rotatable bonds is 3. The summed E-state index contributed by atoms with van der Waals surface area (Å²) in [6, 6.07) is 21.9. The number of anilines is 2. The zero-order valence-corrected chi connectivity index (χ0v) is 14.7. The van der Waals surface area contributed by atoms with E-state index in [1.54, 1.807) is 24.3 Å². The van der Waals surface area contributed by atoms with Gasteiger partial charge in [0.15, 0.2) is 0 Å². The highest BCUT2D eigenvalue weighted by atomic mass is 16.5. The molecule has 4 rings (SSSR count). The molecule has 3 aromatic carbocycles.